The van der Waals surface area contributed by atoms with Crippen LogP contribution >= 0.6 is 11.8 Å². The SMILES string of the molecule is COC1=C(C)CC23C=CC=C[N+]2(OC)c2ncc(SC(=O)C(C)(C)C)n2C3=C1C. The van der Waals surface area contributed by atoms with Crippen molar-refractivity contribution in [2.45, 2.75) is 51.6 Å². The average molecular weight is 415 g/mol. The number of hydroxylamine groups is 2. The molecule has 2 unspecified atom stereocenters. The standard InChI is InChI=1S/C22H28N3O3S/c1-14-12-22-10-8-9-11-25(22,28-7)20-23-13-16(29-19(26)21(3,4)5)24(20)18(22)15(2)17(14)27-6/h8-11,13H,12H2,1-7H3/q+1. The van der Waals surface area contributed by atoms with Crippen LogP contribution in [0.5, 0.6) is 0 Å². The molecule has 2 aliphatic heterocycles. The summed E-state index contributed by atoms with van der Waals surface area (Å²) in [4.78, 5) is 23.7. The molecule has 7 heteroatoms. The monoisotopic (exact) mass is 414 g/mol. The summed E-state index contributed by atoms with van der Waals surface area (Å²) in [5.74, 6) is 1.64. The van der Waals surface area contributed by atoms with Gasteiger partial charge in [-0.2, -0.15) is 9.82 Å². The van der Waals surface area contributed by atoms with Crippen LogP contribution in [-0.2, 0) is 14.4 Å². The molecule has 0 bridgehead atoms. The van der Waals surface area contributed by atoms with Crippen molar-refractivity contribution in [3.63, 3.8) is 0 Å². The number of carbonyl (C=O) groups excluding carboxylic acids is 1. The van der Waals surface area contributed by atoms with Gasteiger partial charge in [-0.3, -0.25) is 4.79 Å². The normalized spacial score (nSPS) is 27.8. The molecule has 29 heavy (non-hydrogen) atoms. The molecule has 6 nitrogen and oxygen atoms in total. The van der Waals surface area contributed by atoms with Crippen molar-refractivity contribution in [2.24, 2.45) is 5.41 Å². The van der Waals surface area contributed by atoms with Gasteiger partial charge in [0.2, 0.25) is 5.54 Å². The maximum atomic E-state index is 12.8. The molecule has 0 fully saturated rings. The highest BCUT2D eigenvalue weighted by Gasteiger charge is 2.67. The number of ether oxygens (including phenoxy) is 1. The number of quaternary nitrogens is 1. The molecule has 0 saturated heterocycles. The molecule has 3 heterocycles. The van der Waals surface area contributed by atoms with Crippen molar-refractivity contribution in [1.82, 2.24) is 14.2 Å². The average Bonchev–Trinajstić information content (AvgIpc) is 3.16. The minimum Gasteiger partial charge on any atom is -0.496 e. The number of aromatic nitrogens is 2. The van der Waals surface area contributed by atoms with Gasteiger partial charge in [0, 0.05) is 17.4 Å². The van der Waals surface area contributed by atoms with Gasteiger partial charge < -0.3 is 4.74 Å². The summed E-state index contributed by atoms with van der Waals surface area (Å²) < 4.78 is 7.99. The number of thioether (sulfide) groups is 1. The number of hydrogen-bond donors (Lipinski definition) is 0. The molecule has 154 valence electrons. The number of imidazole rings is 1. The Hall–Kier alpha value is -2.09. The lowest BCUT2D eigenvalue weighted by atomic mass is 9.78. The van der Waals surface area contributed by atoms with Crippen molar-refractivity contribution < 1.29 is 14.4 Å². The van der Waals surface area contributed by atoms with Gasteiger partial charge in [-0.1, -0.05) is 31.5 Å². The van der Waals surface area contributed by atoms with E-state index in [0.717, 1.165) is 34.4 Å². The van der Waals surface area contributed by atoms with Crippen LogP contribution in [0.25, 0.3) is 5.70 Å². The Bertz CT molecular complexity index is 1020. The molecular weight excluding hydrogens is 386 g/mol. The maximum absolute atomic E-state index is 12.8. The van der Waals surface area contributed by atoms with Crippen molar-refractivity contribution in [2.75, 3.05) is 14.2 Å². The van der Waals surface area contributed by atoms with Crippen LogP contribution in [0.2, 0.25) is 0 Å². The molecule has 3 aliphatic rings. The Morgan fingerprint density at radius 2 is 2.00 bits per heavy atom. The molecule has 0 saturated carbocycles. The van der Waals surface area contributed by atoms with E-state index in [1.165, 1.54) is 17.3 Å². The highest BCUT2D eigenvalue weighted by atomic mass is 32.2. The first-order valence-corrected chi connectivity index (χ1v) is 10.5. The lowest BCUT2D eigenvalue weighted by Crippen LogP contribution is -2.60. The highest BCUT2D eigenvalue weighted by molar-refractivity contribution is 8.13. The number of nitrogens with zero attached hydrogens (tertiary/aromatic N) is 3. The van der Waals surface area contributed by atoms with Crippen molar-refractivity contribution in [3.8, 4) is 0 Å². The number of rotatable bonds is 3. The molecule has 4 rings (SSSR count). The fourth-order valence-electron chi connectivity index (χ4n) is 4.69. The smallest absolute Gasteiger partial charge is 0.354 e. The second-order valence-electron chi connectivity index (χ2n) is 8.80. The van der Waals surface area contributed by atoms with Crippen molar-refractivity contribution in [3.05, 3.63) is 47.5 Å². The fraction of sp³-hybridized carbons (Fsp3) is 0.455. The zero-order valence-electron chi connectivity index (χ0n) is 18.1. The van der Waals surface area contributed by atoms with E-state index >= 15 is 0 Å². The maximum Gasteiger partial charge on any atom is 0.354 e. The molecule has 1 aromatic rings. The minimum absolute atomic E-state index is 0.0990. The second-order valence-corrected chi connectivity index (χ2v) is 9.79. The van der Waals surface area contributed by atoms with E-state index in [4.69, 9.17) is 14.6 Å². The van der Waals surface area contributed by atoms with Gasteiger partial charge in [0.05, 0.1) is 20.4 Å². The van der Waals surface area contributed by atoms with Gasteiger partial charge in [0.1, 0.15) is 22.7 Å². The number of hydrogen-bond acceptors (Lipinski definition) is 5. The number of allylic oxidation sites excluding steroid dienone is 3. The van der Waals surface area contributed by atoms with Gasteiger partial charge in [0.25, 0.3) is 0 Å². The predicted octanol–water partition coefficient (Wildman–Crippen LogP) is 4.81. The topological polar surface area (TPSA) is 53.4 Å². The predicted molar refractivity (Wildman–Crippen MR) is 116 cm³/mol. The van der Waals surface area contributed by atoms with E-state index in [0.29, 0.717) is 0 Å². The van der Waals surface area contributed by atoms with Crippen LogP contribution in [0, 0.1) is 5.41 Å². The molecule has 1 aromatic heterocycles. The molecule has 1 aliphatic carbocycles. The van der Waals surface area contributed by atoms with Crippen LogP contribution < -0.4 is 4.65 Å². The molecule has 1 spiro atoms. The highest BCUT2D eigenvalue weighted by Crippen LogP contribution is 2.58. The van der Waals surface area contributed by atoms with E-state index in [2.05, 4.69) is 30.6 Å². The summed E-state index contributed by atoms with van der Waals surface area (Å²) in [5.41, 5.74) is 2.33. The third kappa shape index (κ3) is 2.50. The van der Waals surface area contributed by atoms with Crippen LogP contribution in [0.4, 0.5) is 5.95 Å². The summed E-state index contributed by atoms with van der Waals surface area (Å²) in [6.07, 6.45) is 10.8. The Labute approximate surface area is 176 Å². The number of carbonyl (C=O) groups is 1. The van der Waals surface area contributed by atoms with E-state index < -0.39 is 11.0 Å². The summed E-state index contributed by atoms with van der Waals surface area (Å²) in [5, 5.41) is 0.899. The zero-order chi connectivity index (χ0) is 21.2. The zero-order valence-corrected chi connectivity index (χ0v) is 18.9. The van der Waals surface area contributed by atoms with E-state index in [1.54, 1.807) is 20.4 Å². The van der Waals surface area contributed by atoms with Crippen LogP contribution in [0.1, 0.15) is 41.0 Å². The lowest BCUT2D eigenvalue weighted by Gasteiger charge is -2.42. The number of fused-ring (bicyclic) bond motifs is 3. The van der Waals surface area contributed by atoms with E-state index in [1.807, 2.05) is 33.0 Å². The Balaban J connectivity index is 2.01. The number of methoxy groups -OCH3 is 1. The fourth-order valence-corrected chi connectivity index (χ4v) is 5.56. The molecule has 0 amide bonds. The van der Waals surface area contributed by atoms with Crippen LogP contribution in [0.15, 0.2) is 52.6 Å². The minimum atomic E-state index is -0.483. The molecule has 0 aromatic carbocycles. The Morgan fingerprint density at radius 3 is 2.62 bits per heavy atom. The summed E-state index contributed by atoms with van der Waals surface area (Å²) >= 11 is 1.24. The van der Waals surface area contributed by atoms with Crippen LogP contribution in [0.3, 0.4) is 0 Å². The van der Waals surface area contributed by atoms with Gasteiger partial charge in [0.15, 0.2) is 5.12 Å². The molecule has 2 atom stereocenters. The van der Waals surface area contributed by atoms with Gasteiger partial charge >= 0.3 is 5.95 Å². The first-order chi connectivity index (χ1) is 13.6. The first-order valence-electron chi connectivity index (χ1n) is 9.71. The Kier molecular flexibility index (Phi) is 4.49. The van der Waals surface area contributed by atoms with Crippen LogP contribution in [-0.4, -0.2) is 34.4 Å². The van der Waals surface area contributed by atoms with Gasteiger partial charge in [-0.15, -0.1) is 0 Å². The summed E-state index contributed by atoms with van der Waals surface area (Å²) in [7, 11) is 3.42. The Morgan fingerprint density at radius 1 is 1.28 bits per heavy atom. The van der Waals surface area contributed by atoms with Crippen molar-refractivity contribution in [1.29, 1.82) is 0 Å². The second kappa shape index (κ2) is 6.45. The third-order valence-electron chi connectivity index (χ3n) is 5.93. The summed E-state index contributed by atoms with van der Waals surface area (Å²) in [6, 6.07) is 0. The largest absolute Gasteiger partial charge is 0.496 e. The lowest BCUT2D eigenvalue weighted by molar-refractivity contribution is -0.118. The molecule has 0 radical (unpaired) electrons. The van der Waals surface area contributed by atoms with Gasteiger partial charge in [-0.25, -0.2) is 4.57 Å². The van der Waals surface area contributed by atoms with E-state index in [-0.39, 0.29) is 9.76 Å². The van der Waals surface area contributed by atoms with Crippen molar-refractivity contribution >= 4 is 28.5 Å². The van der Waals surface area contributed by atoms with Gasteiger partial charge in [-0.05, 0) is 43.3 Å². The third-order valence-corrected chi connectivity index (χ3v) is 7.23. The summed E-state index contributed by atoms with van der Waals surface area (Å²) in [6.45, 7) is 9.98. The first kappa shape index (κ1) is 20.2. The molecule has 0 N–H and O–H groups in total. The molecular formula is C22H28N3O3S+. The van der Waals surface area contributed by atoms with E-state index in [9.17, 15) is 4.79 Å². The quantitative estimate of drug-likeness (QED) is 0.525.